The molecule has 3 N–H and O–H groups in total. The Morgan fingerprint density at radius 3 is 2.52 bits per heavy atom. The number of anilines is 1. The number of carbonyl (C=O) groups is 3. The molecule has 0 saturated carbocycles. The molecular formula is C21H19N3O4S. The lowest BCUT2D eigenvalue weighted by molar-refractivity contribution is -0.123. The molecule has 7 nitrogen and oxygen atoms in total. The van der Waals surface area contributed by atoms with E-state index >= 15 is 0 Å². The van der Waals surface area contributed by atoms with Crippen LogP contribution in [0.4, 0.5) is 5.69 Å². The Hall–Kier alpha value is -3.65. The van der Waals surface area contributed by atoms with Gasteiger partial charge in [0.15, 0.2) is 6.61 Å². The van der Waals surface area contributed by atoms with Gasteiger partial charge in [0.2, 0.25) is 0 Å². The summed E-state index contributed by atoms with van der Waals surface area (Å²) in [6, 6.07) is 17.2. The van der Waals surface area contributed by atoms with Crippen LogP contribution in [0.1, 0.15) is 25.6 Å². The van der Waals surface area contributed by atoms with Crippen molar-refractivity contribution in [2.24, 2.45) is 0 Å². The van der Waals surface area contributed by atoms with E-state index < -0.39 is 11.8 Å². The van der Waals surface area contributed by atoms with E-state index in [1.165, 1.54) is 17.4 Å². The standard InChI is InChI=1S/C21H19N3O4S/c1-14-6-2-3-9-17(14)28-13-19(25)23-24-20(26)15-7-4-8-16(12-15)22-21(27)18-10-5-11-29-18/h2-12H,13H2,1H3,(H,22,27)(H,23,25)(H,24,26). The van der Waals surface area contributed by atoms with Gasteiger partial charge in [0.25, 0.3) is 17.7 Å². The van der Waals surface area contributed by atoms with Gasteiger partial charge in [0.1, 0.15) is 5.75 Å². The van der Waals surface area contributed by atoms with Crippen LogP contribution in [0.5, 0.6) is 5.75 Å². The number of rotatable bonds is 6. The molecule has 3 amide bonds. The summed E-state index contributed by atoms with van der Waals surface area (Å²) in [6.45, 7) is 1.64. The Kier molecular flexibility index (Phi) is 6.59. The van der Waals surface area contributed by atoms with Crippen molar-refractivity contribution in [3.63, 3.8) is 0 Å². The average Bonchev–Trinajstić information content (AvgIpc) is 3.27. The number of ether oxygens (including phenoxy) is 1. The number of benzene rings is 2. The monoisotopic (exact) mass is 409 g/mol. The van der Waals surface area contributed by atoms with Crippen LogP contribution in [0, 0.1) is 6.92 Å². The second-order valence-electron chi connectivity index (χ2n) is 6.07. The second-order valence-corrected chi connectivity index (χ2v) is 7.02. The van der Waals surface area contributed by atoms with Gasteiger partial charge in [-0.15, -0.1) is 11.3 Å². The first kappa shape index (κ1) is 20.1. The van der Waals surface area contributed by atoms with E-state index in [1.807, 2.05) is 30.5 Å². The Morgan fingerprint density at radius 1 is 0.931 bits per heavy atom. The van der Waals surface area contributed by atoms with E-state index in [-0.39, 0.29) is 18.1 Å². The maximum atomic E-state index is 12.3. The van der Waals surface area contributed by atoms with Gasteiger partial charge in [0.05, 0.1) is 4.88 Å². The molecule has 0 bridgehead atoms. The van der Waals surface area contributed by atoms with Crippen molar-refractivity contribution in [3.8, 4) is 5.75 Å². The summed E-state index contributed by atoms with van der Waals surface area (Å²) >= 11 is 1.33. The molecule has 3 aromatic rings. The fourth-order valence-electron chi connectivity index (χ4n) is 2.44. The van der Waals surface area contributed by atoms with Crippen LogP contribution >= 0.6 is 11.3 Å². The first-order chi connectivity index (χ1) is 14.0. The van der Waals surface area contributed by atoms with Crippen LogP contribution in [-0.2, 0) is 4.79 Å². The SMILES string of the molecule is Cc1ccccc1OCC(=O)NNC(=O)c1cccc(NC(=O)c2cccs2)c1. The minimum absolute atomic E-state index is 0.234. The summed E-state index contributed by atoms with van der Waals surface area (Å²) < 4.78 is 5.42. The van der Waals surface area contributed by atoms with Crippen LogP contribution in [-0.4, -0.2) is 24.3 Å². The largest absolute Gasteiger partial charge is 0.483 e. The molecule has 1 heterocycles. The maximum Gasteiger partial charge on any atom is 0.276 e. The predicted molar refractivity (Wildman–Crippen MR) is 111 cm³/mol. The number of nitrogens with one attached hydrogen (secondary N) is 3. The smallest absolute Gasteiger partial charge is 0.276 e. The summed E-state index contributed by atoms with van der Waals surface area (Å²) in [4.78, 5) is 36.8. The fourth-order valence-corrected chi connectivity index (χ4v) is 3.05. The van der Waals surface area contributed by atoms with Crippen molar-refractivity contribution in [1.82, 2.24) is 10.9 Å². The quantitative estimate of drug-likeness (QED) is 0.545. The van der Waals surface area contributed by atoms with Crippen molar-refractivity contribution in [1.29, 1.82) is 0 Å². The number of para-hydroxylation sites is 1. The number of hydrogen-bond donors (Lipinski definition) is 3. The third-order valence-corrected chi connectivity index (χ3v) is 4.76. The van der Waals surface area contributed by atoms with Crippen molar-refractivity contribution in [2.75, 3.05) is 11.9 Å². The molecule has 8 heteroatoms. The number of aryl methyl sites for hydroxylation is 1. The van der Waals surface area contributed by atoms with Gasteiger partial charge in [-0.05, 0) is 48.2 Å². The Morgan fingerprint density at radius 2 is 1.76 bits per heavy atom. The highest BCUT2D eigenvalue weighted by atomic mass is 32.1. The van der Waals surface area contributed by atoms with E-state index in [0.717, 1.165) is 5.56 Å². The number of thiophene rings is 1. The third-order valence-electron chi connectivity index (χ3n) is 3.90. The Labute approximate surface area is 171 Å². The zero-order chi connectivity index (χ0) is 20.6. The normalized spacial score (nSPS) is 10.1. The molecule has 0 saturated heterocycles. The lowest BCUT2D eigenvalue weighted by atomic mass is 10.2. The van der Waals surface area contributed by atoms with Crippen molar-refractivity contribution in [3.05, 3.63) is 82.0 Å². The topological polar surface area (TPSA) is 96.5 Å². The van der Waals surface area contributed by atoms with Crippen LogP contribution in [0.3, 0.4) is 0 Å². The van der Waals surface area contributed by atoms with Gasteiger partial charge in [-0.1, -0.05) is 30.3 Å². The van der Waals surface area contributed by atoms with Crippen LogP contribution in [0.15, 0.2) is 66.0 Å². The van der Waals surface area contributed by atoms with Gasteiger partial charge in [-0.2, -0.15) is 0 Å². The summed E-state index contributed by atoms with van der Waals surface area (Å²) in [6.07, 6.45) is 0. The lowest BCUT2D eigenvalue weighted by Crippen LogP contribution is -2.43. The van der Waals surface area contributed by atoms with Gasteiger partial charge >= 0.3 is 0 Å². The highest BCUT2D eigenvalue weighted by molar-refractivity contribution is 7.12. The molecule has 0 unspecified atom stereocenters. The van der Waals surface area contributed by atoms with E-state index in [4.69, 9.17) is 4.74 Å². The lowest BCUT2D eigenvalue weighted by Gasteiger charge is -2.11. The molecular weight excluding hydrogens is 390 g/mol. The average molecular weight is 409 g/mol. The first-order valence-corrected chi connectivity index (χ1v) is 9.63. The van der Waals surface area contributed by atoms with Crippen LogP contribution in [0.2, 0.25) is 0 Å². The fraction of sp³-hybridized carbons (Fsp3) is 0.0952. The summed E-state index contributed by atoms with van der Waals surface area (Å²) in [5.41, 5.74) is 6.30. The van der Waals surface area contributed by atoms with E-state index in [0.29, 0.717) is 16.3 Å². The van der Waals surface area contributed by atoms with E-state index in [9.17, 15) is 14.4 Å². The summed E-state index contributed by atoms with van der Waals surface area (Å²) in [5, 5.41) is 4.54. The molecule has 3 rings (SSSR count). The molecule has 0 fully saturated rings. The molecule has 0 aliphatic heterocycles. The zero-order valence-electron chi connectivity index (χ0n) is 15.6. The van der Waals surface area contributed by atoms with E-state index in [1.54, 1.807) is 36.4 Å². The van der Waals surface area contributed by atoms with Gasteiger partial charge in [-0.3, -0.25) is 25.2 Å². The van der Waals surface area contributed by atoms with Crippen molar-refractivity contribution < 1.29 is 19.1 Å². The molecule has 0 radical (unpaired) electrons. The van der Waals surface area contributed by atoms with Crippen molar-refractivity contribution in [2.45, 2.75) is 6.92 Å². The minimum Gasteiger partial charge on any atom is -0.483 e. The number of hydrazine groups is 1. The molecule has 2 aromatic carbocycles. The zero-order valence-corrected chi connectivity index (χ0v) is 16.4. The molecule has 0 spiro atoms. The number of carbonyl (C=O) groups excluding carboxylic acids is 3. The Balaban J connectivity index is 1.50. The van der Waals surface area contributed by atoms with Gasteiger partial charge in [0, 0.05) is 11.3 Å². The Bertz CT molecular complexity index is 1020. The van der Waals surface area contributed by atoms with Crippen LogP contribution in [0.25, 0.3) is 0 Å². The predicted octanol–water partition coefficient (Wildman–Crippen LogP) is 3.15. The van der Waals surface area contributed by atoms with Gasteiger partial charge in [-0.25, -0.2) is 0 Å². The third kappa shape index (κ3) is 5.66. The van der Waals surface area contributed by atoms with E-state index in [2.05, 4.69) is 16.2 Å². The molecule has 29 heavy (non-hydrogen) atoms. The molecule has 1 aromatic heterocycles. The highest BCUT2D eigenvalue weighted by Gasteiger charge is 2.11. The molecule has 148 valence electrons. The summed E-state index contributed by atoms with van der Waals surface area (Å²) in [5.74, 6) is -0.660. The second kappa shape index (κ2) is 9.52. The van der Waals surface area contributed by atoms with Crippen molar-refractivity contribution >= 4 is 34.7 Å². The molecule has 0 aliphatic rings. The highest BCUT2D eigenvalue weighted by Crippen LogP contribution is 2.16. The maximum absolute atomic E-state index is 12.3. The first-order valence-electron chi connectivity index (χ1n) is 8.75. The van der Waals surface area contributed by atoms with Crippen LogP contribution < -0.4 is 20.9 Å². The van der Waals surface area contributed by atoms with Gasteiger partial charge < -0.3 is 10.1 Å². The molecule has 0 atom stereocenters. The molecule has 0 aliphatic carbocycles. The number of hydrogen-bond acceptors (Lipinski definition) is 5. The number of amides is 3. The summed E-state index contributed by atoms with van der Waals surface area (Å²) in [7, 11) is 0. The minimum atomic E-state index is -0.513.